The lowest BCUT2D eigenvalue weighted by atomic mass is 10.4. The van der Waals surface area contributed by atoms with Crippen LogP contribution in [0.4, 0.5) is 0 Å². The number of aliphatic hydroxyl groups is 2. The van der Waals surface area contributed by atoms with Crippen LogP contribution in [0, 0.1) is 0 Å². The summed E-state index contributed by atoms with van der Waals surface area (Å²) < 4.78 is 22.8. The van der Waals surface area contributed by atoms with Crippen LogP contribution in [0.1, 0.15) is 27.7 Å². The van der Waals surface area contributed by atoms with Crippen molar-refractivity contribution in [2.75, 3.05) is 13.2 Å². The number of hydrogen-bond donors (Lipinski definition) is 2. The van der Waals surface area contributed by atoms with Gasteiger partial charge in [-0.2, -0.15) is 0 Å². The first-order valence-corrected chi connectivity index (χ1v) is 10.00. The van der Waals surface area contributed by atoms with Gasteiger partial charge in [-0.1, -0.05) is 30.3 Å². The van der Waals surface area contributed by atoms with Gasteiger partial charge in [0, 0.05) is 0 Å². The molecule has 7 heteroatoms. The lowest BCUT2D eigenvalue weighted by molar-refractivity contribution is -0.147. The second-order valence-corrected chi connectivity index (χ2v) is 9.69. The molecule has 1 aromatic rings. The van der Waals surface area contributed by atoms with Crippen molar-refractivity contribution in [1.82, 2.24) is 0 Å². The van der Waals surface area contributed by atoms with E-state index < -0.39 is 43.4 Å². The van der Waals surface area contributed by atoms with E-state index in [1.807, 2.05) is 58.0 Å². The fourth-order valence-electron chi connectivity index (χ4n) is 3.15. The second kappa shape index (κ2) is 7.20. The fraction of sp³-hybridized carbons (Fsp3) is 0.667. The minimum Gasteiger partial charge on any atom is -0.385 e. The van der Waals surface area contributed by atoms with Gasteiger partial charge in [0.05, 0.1) is 13.2 Å². The average molecular weight is 370 g/mol. The van der Waals surface area contributed by atoms with E-state index in [1.165, 1.54) is 0 Å². The van der Waals surface area contributed by atoms with Crippen LogP contribution in [0.15, 0.2) is 30.3 Å². The second-order valence-electron chi connectivity index (χ2n) is 7.30. The highest BCUT2D eigenvalue weighted by Gasteiger charge is 2.46. The molecule has 0 radical (unpaired) electrons. The molecule has 0 aromatic heterocycles. The van der Waals surface area contributed by atoms with Gasteiger partial charge in [-0.05, 0) is 40.9 Å². The van der Waals surface area contributed by atoms with Crippen LogP contribution >= 0.6 is 7.92 Å². The molecule has 0 saturated carbocycles. The summed E-state index contributed by atoms with van der Waals surface area (Å²) in [5, 5.41) is 22.9. The van der Waals surface area contributed by atoms with Crippen LogP contribution in [0.3, 0.4) is 0 Å². The number of benzene rings is 1. The lowest BCUT2D eigenvalue weighted by Gasteiger charge is -2.34. The van der Waals surface area contributed by atoms with E-state index in [-0.39, 0.29) is 0 Å². The van der Waals surface area contributed by atoms with Crippen LogP contribution in [-0.2, 0) is 18.9 Å². The zero-order valence-electron chi connectivity index (χ0n) is 15.1. The Labute approximate surface area is 149 Å². The third-order valence-electron chi connectivity index (χ3n) is 4.35. The van der Waals surface area contributed by atoms with Gasteiger partial charge < -0.3 is 29.2 Å². The monoisotopic (exact) mass is 370 g/mol. The van der Waals surface area contributed by atoms with E-state index in [9.17, 15) is 10.2 Å². The number of hydrogen-bond acceptors (Lipinski definition) is 6. The smallest absolute Gasteiger partial charge is 0.163 e. The highest BCUT2D eigenvalue weighted by atomic mass is 31.1. The van der Waals surface area contributed by atoms with Crippen molar-refractivity contribution in [3.05, 3.63) is 30.3 Å². The Kier molecular flexibility index (Phi) is 5.52. The Morgan fingerprint density at radius 1 is 0.880 bits per heavy atom. The van der Waals surface area contributed by atoms with Gasteiger partial charge in [-0.25, -0.2) is 0 Å². The predicted molar refractivity (Wildman–Crippen MR) is 94.8 cm³/mol. The Hall–Kier alpha value is -0.590. The summed E-state index contributed by atoms with van der Waals surface area (Å²) in [6, 6.07) is 9.54. The molecule has 2 aliphatic rings. The number of aliphatic hydroxyl groups excluding tert-OH is 2. The van der Waals surface area contributed by atoms with E-state index in [0.29, 0.717) is 13.2 Å². The van der Waals surface area contributed by atoms with Gasteiger partial charge in [0.25, 0.3) is 0 Å². The standard InChI is InChI=1S/C18H27O6P/c1-17(2)21-10-13(23-17)15(19)25(12-8-6-5-7-9-12)16(20)14-11-22-18(3,4)24-14/h5-9,13-16,19-20H,10-11H2,1-4H3/t13-,14-,15+,16+/m1/s1. The van der Waals surface area contributed by atoms with Gasteiger partial charge >= 0.3 is 0 Å². The third-order valence-corrected chi connectivity index (χ3v) is 7.05. The minimum atomic E-state index is -1.38. The Balaban J connectivity index is 1.83. The molecular formula is C18H27O6P. The molecule has 2 saturated heterocycles. The summed E-state index contributed by atoms with van der Waals surface area (Å²) in [5.41, 5.74) is 0. The molecule has 1 aromatic carbocycles. The first-order valence-electron chi connectivity index (χ1n) is 8.52. The molecular weight excluding hydrogens is 343 g/mol. The topological polar surface area (TPSA) is 77.4 Å². The molecule has 0 amide bonds. The molecule has 2 fully saturated rings. The fourth-order valence-corrected chi connectivity index (χ4v) is 5.60. The molecule has 25 heavy (non-hydrogen) atoms. The minimum absolute atomic E-state index is 0.292. The molecule has 2 aliphatic heterocycles. The largest absolute Gasteiger partial charge is 0.385 e. The first-order chi connectivity index (χ1) is 11.7. The Bertz CT molecular complexity index is 546. The maximum Gasteiger partial charge on any atom is 0.163 e. The van der Waals surface area contributed by atoms with Gasteiger partial charge in [0.1, 0.15) is 23.9 Å². The third kappa shape index (κ3) is 4.40. The van der Waals surface area contributed by atoms with Gasteiger partial charge in [0.2, 0.25) is 0 Å². The molecule has 0 spiro atoms. The molecule has 2 N–H and O–H groups in total. The maximum absolute atomic E-state index is 11.0. The molecule has 4 atom stereocenters. The summed E-state index contributed by atoms with van der Waals surface area (Å²) in [4.78, 5) is 0. The predicted octanol–water partition coefficient (Wildman–Crippen LogP) is 1.73. The normalized spacial score (nSPS) is 30.5. The van der Waals surface area contributed by atoms with E-state index >= 15 is 0 Å². The van der Waals surface area contributed by atoms with Gasteiger partial charge in [0.15, 0.2) is 11.6 Å². The Morgan fingerprint density at radius 3 is 1.68 bits per heavy atom. The molecule has 140 valence electrons. The summed E-state index contributed by atoms with van der Waals surface area (Å²) in [5.74, 6) is -3.21. The number of rotatable bonds is 5. The summed E-state index contributed by atoms with van der Waals surface area (Å²) in [7, 11) is -1.38. The summed E-state index contributed by atoms with van der Waals surface area (Å²) >= 11 is 0. The van der Waals surface area contributed by atoms with Crippen molar-refractivity contribution < 1.29 is 29.2 Å². The number of ether oxygens (including phenoxy) is 4. The van der Waals surface area contributed by atoms with Crippen molar-refractivity contribution in [1.29, 1.82) is 0 Å². The zero-order chi connectivity index (χ0) is 18.2. The Morgan fingerprint density at radius 2 is 1.32 bits per heavy atom. The molecule has 0 bridgehead atoms. The van der Waals surface area contributed by atoms with E-state index in [1.54, 1.807) is 0 Å². The van der Waals surface area contributed by atoms with Crippen LogP contribution < -0.4 is 5.30 Å². The summed E-state index contributed by atoms with van der Waals surface area (Å²) in [6.07, 6.45) is -0.988. The molecule has 3 rings (SSSR count). The SMILES string of the molecule is CC1(C)OC[C@H]([C@@H](O)P(c2ccccc2)[C@H](O)[C@H]2COC(C)(C)O2)O1. The van der Waals surface area contributed by atoms with Gasteiger partial charge in [-0.15, -0.1) is 0 Å². The molecule has 6 nitrogen and oxygen atoms in total. The van der Waals surface area contributed by atoms with Crippen LogP contribution in [0.2, 0.25) is 0 Å². The van der Waals surface area contributed by atoms with E-state index in [4.69, 9.17) is 18.9 Å². The molecule has 2 heterocycles. The molecule has 0 aliphatic carbocycles. The average Bonchev–Trinajstić information content (AvgIpc) is 3.10. The van der Waals surface area contributed by atoms with Gasteiger partial charge in [-0.3, -0.25) is 0 Å². The highest BCUT2D eigenvalue weighted by molar-refractivity contribution is 7.66. The molecule has 0 unspecified atom stereocenters. The van der Waals surface area contributed by atoms with E-state index in [0.717, 1.165) is 5.30 Å². The quantitative estimate of drug-likeness (QED) is 0.769. The van der Waals surface area contributed by atoms with Crippen molar-refractivity contribution in [3.8, 4) is 0 Å². The first kappa shape index (κ1) is 19.2. The summed E-state index contributed by atoms with van der Waals surface area (Å²) in [6.45, 7) is 7.85. The lowest BCUT2D eigenvalue weighted by Crippen LogP contribution is -2.39. The van der Waals surface area contributed by atoms with Crippen molar-refractivity contribution in [3.63, 3.8) is 0 Å². The van der Waals surface area contributed by atoms with Crippen LogP contribution in [0.25, 0.3) is 0 Å². The van der Waals surface area contributed by atoms with Crippen LogP contribution in [-0.4, -0.2) is 58.9 Å². The van der Waals surface area contributed by atoms with Crippen molar-refractivity contribution in [2.24, 2.45) is 0 Å². The zero-order valence-corrected chi connectivity index (χ0v) is 16.0. The van der Waals surface area contributed by atoms with Crippen LogP contribution in [0.5, 0.6) is 0 Å². The van der Waals surface area contributed by atoms with E-state index in [2.05, 4.69) is 0 Å². The highest BCUT2D eigenvalue weighted by Crippen LogP contribution is 2.49. The van der Waals surface area contributed by atoms with Crippen molar-refractivity contribution >= 4 is 13.2 Å². The maximum atomic E-state index is 11.0. The van der Waals surface area contributed by atoms with Crippen molar-refractivity contribution in [2.45, 2.75) is 63.2 Å².